The number of hydrogen-bond donors (Lipinski definition) is 1. The Morgan fingerprint density at radius 1 is 1.59 bits per heavy atom. The second kappa shape index (κ2) is 4.45. The summed E-state index contributed by atoms with van der Waals surface area (Å²) < 4.78 is 1.54. The Kier molecular flexibility index (Phi) is 3.00. The predicted octanol–water partition coefficient (Wildman–Crippen LogP) is 0.776. The molecule has 0 unspecified atom stereocenters. The Hall–Kier alpha value is -2.03. The Bertz CT molecular complexity index is 548. The fourth-order valence-corrected chi connectivity index (χ4v) is 2.05. The lowest BCUT2D eigenvalue weighted by molar-refractivity contribution is -0.392. The van der Waals surface area contributed by atoms with E-state index in [-0.39, 0.29) is 5.82 Å². The molecule has 2 aromatic heterocycles. The Morgan fingerprint density at radius 2 is 2.35 bits per heavy atom. The average molecular weight is 254 g/mol. The van der Waals surface area contributed by atoms with Crippen LogP contribution in [0.1, 0.15) is 10.8 Å². The zero-order valence-corrected chi connectivity index (χ0v) is 9.85. The molecule has 0 spiro atoms. The van der Waals surface area contributed by atoms with Gasteiger partial charge in [0.05, 0.1) is 6.54 Å². The highest BCUT2D eigenvalue weighted by Gasteiger charge is 2.17. The number of nitrogens with zero attached hydrogens (tertiary/aromatic N) is 5. The normalized spacial score (nSPS) is 10.6. The number of nitrogen functional groups attached to an aromatic ring is 1. The maximum absolute atomic E-state index is 10.7. The minimum atomic E-state index is -0.450. The zero-order chi connectivity index (χ0) is 12.4. The Labute approximate surface area is 100 Å². The van der Waals surface area contributed by atoms with E-state index in [1.54, 1.807) is 6.92 Å². The first-order chi connectivity index (χ1) is 8.08. The Morgan fingerprint density at radius 3 is 2.94 bits per heavy atom. The predicted molar refractivity (Wildman–Crippen MR) is 61.6 cm³/mol. The summed E-state index contributed by atoms with van der Waals surface area (Å²) in [5, 5.41) is 19.4. The van der Waals surface area contributed by atoms with Gasteiger partial charge in [0.25, 0.3) is 0 Å². The number of anilines is 1. The summed E-state index contributed by atoms with van der Waals surface area (Å²) in [5.41, 5.74) is 5.45. The van der Waals surface area contributed by atoms with E-state index in [2.05, 4.69) is 15.2 Å². The maximum atomic E-state index is 10.7. The molecule has 2 heterocycles. The van der Waals surface area contributed by atoms with Crippen molar-refractivity contribution in [2.75, 3.05) is 5.73 Å². The van der Waals surface area contributed by atoms with Gasteiger partial charge in [-0.2, -0.15) is 0 Å². The first-order valence-electron chi connectivity index (χ1n) is 4.82. The van der Waals surface area contributed by atoms with E-state index in [0.717, 1.165) is 5.01 Å². The van der Waals surface area contributed by atoms with Crippen molar-refractivity contribution in [3.05, 3.63) is 27.1 Å². The highest BCUT2D eigenvalue weighted by atomic mass is 32.1. The SMILES string of the molecule is Cc1ncc([N+](=O)[O-])n1CCc1nnc(N)s1. The molecular weight excluding hydrogens is 244 g/mol. The van der Waals surface area contributed by atoms with E-state index in [0.29, 0.717) is 23.9 Å². The number of rotatable bonds is 4. The minimum absolute atomic E-state index is 0.0139. The average Bonchev–Trinajstić information content (AvgIpc) is 2.82. The van der Waals surface area contributed by atoms with Crippen LogP contribution in [0.5, 0.6) is 0 Å². The Balaban J connectivity index is 2.13. The molecule has 2 aromatic rings. The third-order valence-corrected chi connectivity index (χ3v) is 3.07. The maximum Gasteiger partial charge on any atom is 0.342 e. The molecule has 0 fully saturated rings. The van der Waals surface area contributed by atoms with Crippen LogP contribution in [0.2, 0.25) is 0 Å². The summed E-state index contributed by atoms with van der Waals surface area (Å²) in [6.45, 7) is 2.16. The molecule has 9 heteroatoms. The topological polar surface area (TPSA) is 113 Å². The number of hydrogen-bond acceptors (Lipinski definition) is 7. The van der Waals surface area contributed by atoms with Crippen molar-refractivity contribution < 1.29 is 4.92 Å². The van der Waals surface area contributed by atoms with Gasteiger partial charge in [0.2, 0.25) is 5.13 Å². The molecule has 0 bridgehead atoms. The lowest BCUT2D eigenvalue weighted by Crippen LogP contribution is -2.07. The second-order valence-corrected chi connectivity index (χ2v) is 4.45. The zero-order valence-electron chi connectivity index (χ0n) is 9.03. The molecule has 0 aliphatic heterocycles. The van der Waals surface area contributed by atoms with Gasteiger partial charge in [-0.25, -0.2) is 9.55 Å². The number of nitrogens with two attached hydrogens (primary N) is 1. The summed E-state index contributed by atoms with van der Waals surface area (Å²) in [6.07, 6.45) is 1.80. The summed E-state index contributed by atoms with van der Waals surface area (Å²) in [6, 6.07) is 0. The highest BCUT2D eigenvalue weighted by molar-refractivity contribution is 7.15. The number of aryl methyl sites for hydroxylation is 2. The molecule has 90 valence electrons. The van der Waals surface area contributed by atoms with Gasteiger partial charge in [0.15, 0.2) is 5.82 Å². The van der Waals surface area contributed by atoms with Crippen LogP contribution >= 0.6 is 11.3 Å². The standard InChI is InChI=1S/C8H10N6O2S/c1-5-10-4-7(14(15)16)13(5)3-2-6-11-12-8(9)17-6/h4H,2-3H2,1H3,(H2,9,12). The molecule has 8 nitrogen and oxygen atoms in total. The van der Waals surface area contributed by atoms with Crippen LogP contribution in [0.3, 0.4) is 0 Å². The van der Waals surface area contributed by atoms with E-state index in [9.17, 15) is 10.1 Å². The van der Waals surface area contributed by atoms with Crippen molar-refractivity contribution in [2.24, 2.45) is 0 Å². The van der Waals surface area contributed by atoms with Crippen LogP contribution in [0.15, 0.2) is 6.20 Å². The van der Waals surface area contributed by atoms with Gasteiger partial charge < -0.3 is 15.8 Å². The molecule has 0 aromatic carbocycles. The van der Waals surface area contributed by atoms with Gasteiger partial charge in [0.1, 0.15) is 11.2 Å². The summed E-state index contributed by atoms with van der Waals surface area (Å²) >= 11 is 1.28. The fourth-order valence-electron chi connectivity index (χ4n) is 1.45. The van der Waals surface area contributed by atoms with E-state index >= 15 is 0 Å². The van der Waals surface area contributed by atoms with Gasteiger partial charge in [-0.15, -0.1) is 10.2 Å². The van der Waals surface area contributed by atoms with Crippen molar-refractivity contribution in [1.29, 1.82) is 0 Å². The van der Waals surface area contributed by atoms with Gasteiger partial charge in [0, 0.05) is 13.3 Å². The molecule has 2 rings (SSSR count). The number of aromatic nitrogens is 4. The summed E-state index contributed by atoms with van der Waals surface area (Å²) in [4.78, 5) is 14.2. The molecule has 2 N–H and O–H groups in total. The molecule has 17 heavy (non-hydrogen) atoms. The first kappa shape index (κ1) is 11.5. The summed E-state index contributed by atoms with van der Waals surface area (Å²) in [7, 11) is 0. The number of imidazole rings is 1. The van der Waals surface area contributed by atoms with E-state index in [1.807, 2.05) is 0 Å². The monoisotopic (exact) mass is 254 g/mol. The number of nitro groups is 1. The van der Waals surface area contributed by atoms with E-state index in [1.165, 1.54) is 22.1 Å². The lowest BCUT2D eigenvalue weighted by atomic mass is 10.4. The molecule has 0 radical (unpaired) electrons. The molecular formula is C8H10N6O2S. The molecule has 0 atom stereocenters. The largest absolute Gasteiger partial charge is 0.374 e. The van der Waals surface area contributed by atoms with Crippen LogP contribution in [-0.2, 0) is 13.0 Å². The molecule has 0 amide bonds. The van der Waals surface area contributed by atoms with Crippen molar-refractivity contribution >= 4 is 22.3 Å². The van der Waals surface area contributed by atoms with Crippen LogP contribution in [0, 0.1) is 17.0 Å². The van der Waals surface area contributed by atoms with Gasteiger partial charge >= 0.3 is 5.82 Å². The van der Waals surface area contributed by atoms with Crippen LogP contribution < -0.4 is 5.73 Å². The van der Waals surface area contributed by atoms with Crippen molar-refractivity contribution in [3.63, 3.8) is 0 Å². The van der Waals surface area contributed by atoms with Crippen molar-refractivity contribution in [3.8, 4) is 0 Å². The molecule has 0 aliphatic rings. The molecule has 0 aliphatic carbocycles. The summed E-state index contributed by atoms with van der Waals surface area (Å²) in [5.74, 6) is 0.592. The third kappa shape index (κ3) is 2.38. The third-order valence-electron chi connectivity index (χ3n) is 2.25. The smallest absolute Gasteiger partial charge is 0.342 e. The van der Waals surface area contributed by atoms with Crippen molar-refractivity contribution in [1.82, 2.24) is 19.7 Å². The quantitative estimate of drug-likeness (QED) is 0.637. The highest BCUT2D eigenvalue weighted by Crippen LogP contribution is 2.17. The van der Waals surface area contributed by atoms with Crippen molar-refractivity contribution in [2.45, 2.75) is 19.9 Å². The van der Waals surface area contributed by atoms with Gasteiger partial charge in [-0.1, -0.05) is 11.3 Å². The van der Waals surface area contributed by atoms with E-state index < -0.39 is 4.92 Å². The molecule has 0 saturated carbocycles. The lowest BCUT2D eigenvalue weighted by Gasteiger charge is -2.00. The van der Waals surface area contributed by atoms with Crippen LogP contribution in [0.4, 0.5) is 10.9 Å². The van der Waals surface area contributed by atoms with E-state index in [4.69, 9.17) is 5.73 Å². The first-order valence-corrected chi connectivity index (χ1v) is 5.64. The van der Waals surface area contributed by atoms with Gasteiger partial charge in [-0.05, 0) is 4.92 Å². The second-order valence-electron chi connectivity index (χ2n) is 3.36. The molecule has 0 saturated heterocycles. The van der Waals surface area contributed by atoms with Gasteiger partial charge in [-0.3, -0.25) is 0 Å². The minimum Gasteiger partial charge on any atom is -0.374 e. The fraction of sp³-hybridized carbons (Fsp3) is 0.375. The van der Waals surface area contributed by atoms with Crippen LogP contribution in [-0.4, -0.2) is 24.7 Å². The van der Waals surface area contributed by atoms with Crippen LogP contribution in [0.25, 0.3) is 0 Å².